The summed E-state index contributed by atoms with van der Waals surface area (Å²) in [6.07, 6.45) is 68.1. The van der Waals surface area contributed by atoms with Crippen LogP contribution in [0.4, 0.5) is 0 Å². The zero-order valence-corrected chi connectivity index (χ0v) is 42.2. The molecule has 0 aliphatic rings. The Labute approximate surface area is 397 Å². The standard InChI is InChI=1S/C58H105NO5/c1-3-5-7-9-11-13-15-17-19-20-21-22-24-28-32-36-40-44-48-52-58(63)64-53-49-45-41-37-33-29-25-27-31-35-39-43-47-51-57(62)59-55(54-60)56(61)50-46-42-38-34-30-26-23-18-16-14-12-10-8-6-4-2/h11,13,17,19,27,31,39,43,46,50,55-56,60-61H,3-10,12,14-16,18,20-26,28-30,32-38,40-42,44-45,47-49,51-54H2,1-2H3,(H,59,62)/b13-11-,19-17-,31-27-,43-39-,50-46+. The minimum atomic E-state index is -0.880. The van der Waals surface area contributed by atoms with Crippen LogP contribution in [0.25, 0.3) is 0 Å². The molecule has 0 aromatic rings. The number of ether oxygens (including phenoxy) is 1. The molecule has 64 heavy (non-hydrogen) atoms. The average Bonchev–Trinajstić information content (AvgIpc) is 3.29. The van der Waals surface area contributed by atoms with Gasteiger partial charge in [-0.3, -0.25) is 9.59 Å². The van der Waals surface area contributed by atoms with Crippen LogP contribution in [-0.2, 0) is 14.3 Å². The summed E-state index contributed by atoms with van der Waals surface area (Å²) in [7, 11) is 0. The molecule has 0 saturated carbocycles. The number of carbonyl (C=O) groups excluding carboxylic acids is 2. The van der Waals surface area contributed by atoms with Crippen LogP contribution in [0.2, 0.25) is 0 Å². The Kier molecular flexibility index (Phi) is 51.2. The molecule has 3 N–H and O–H groups in total. The average molecular weight is 896 g/mol. The highest BCUT2D eigenvalue weighted by molar-refractivity contribution is 5.76. The number of aliphatic hydroxyl groups is 2. The molecule has 0 radical (unpaired) electrons. The van der Waals surface area contributed by atoms with Crippen LogP contribution < -0.4 is 5.32 Å². The Bertz CT molecular complexity index is 1130. The smallest absolute Gasteiger partial charge is 0.305 e. The molecule has 0 spiro atoms. The second kappa shape index (κ2) is 53.2. The van der Waals surface area contributed by atoms with Crippen molar-refractivity contribution in [3.8, 4) is 0 Å². The lowest BCUT2D eigenvalue weighted by Gasteiger charge is -2.19. The molecule has 0 aromatic carbocycles. The monoisotopic (exact) mass is 896 g/mol. The largest absolute Gasteiger partial charge is 0.466 e. The van der Waals surface area contributed by atoms with Crippen molar-refractivity contribution in [2.45, 2.75) is 283 Å². The van der Waals surface area contributed by atoms with Crippen molar-refractivity contribution >= 4 is 11.9 Å². The third kappa shape index (κ3) is 49.0. The van der Waals surface area contributed by atoms with Gasteiger partial charge in [-0.15, -0.1) is 0 Å². The summed E-state index contributed by atoms with van der Waals surface area (Å²) in [6, 6.07) is -0.673. The van der Waals surface area contributed by atoms with E-state index in [2.05, 4.69) is 61.7 Å². The Balaban J connectivity index is 3.57. The summed E-state index contributed by atoms with van der Waals surface area (Å²) in [5.74, 6) is -0.173. The van der Waals surface area contributed by atoms with Gasteiger partial charge >= 0.3 is 5.97 Å². The Morgan fingerprint density at radius 2 is 0.797 bits per heavy atom. The fraction of sp³-hybridized carbons (Fsp3) is 0.793. The molecule has 6 heteroatoms. The summed E-state index contributed by atoms with van der Waals surface area (Å²) in [5.41, 5.74) is 0. The van der Waals surface area contributed by atoms with Crippen LogP contribution in [0.15, 0.2) is 60.8 Å². The summed E-state index contributed by atoms with van der Waals surface area (Å²) in [6.45, 7) is 4.80. The van der Waals surface area contributed by atoms with E-state index in [1.807, 2.05) is 12.2 Å². The second-order valence-electron chi connectivity index (χ2n) is 18.5. The maximum Gasteiger partial charge on any atom is 0.305 e. The highest BCUT2D eigenvalue weighted by atomic mass is 16.5. The van der Waals surface area contributed by atoms with Gasteiger partial charge in [-0.1, -0.05) is 235 Å². The molecule has 0 aromatic heterocycles. The molecule has 0 aliphatic carbocycles. The molecule has 0 aliphatic heterocycles. The van der Waals surface area contributed by atoms with Crippen molar-refractivity contribution in [3.63, 3.8) is 0 Å². The maximum atomic E-state index is 12.4. The van der Waals surface area contributed by atoms with E-state index in [4.69, 9.17) is 4.74 Å². The van der Waals surface area contributed by atoms with Gasteiger partial charge in [0, 0.05) is 12.8 Å². The molecule has 372 valence electrons. The van der Waals surface area contributed by atoms with Crippen LogP contribution in [0, 0.1) is 0 Å². The summed E-state index contributed by atoms with van der Waals surface area (Å²) in [4.78, 5) is 24.5. The number of amides is 1. The van der Waals surface area contributed by atoms with Crippen molar-refractivity contribution in [2.24, 2.45) is 0 Å². The van der Waals surface area contributed by atoms with Gasteiger partial charge in [-0.05, 0) is 83.5 Å². The Morgan fingerprint density at radius 3 is 1.25 bits per heavy atom. The predicted octanol–water partition coefficient (Wildman–Crippen LogP) is 16.8. The molecule has 0 heterocycles. The van der Waals surface area contributed by atoms with E-state index in [9.17, 15) is 19.8 Å². The van der Waals surface area contributed by atoms with Crippen LogP contribution in [0.1, 0.15) is 271 Å². The first-order valence-electron chi connectivity index (χ1n) is 27.6. The number of esters is 1. The second-order valence-corrected chi connectivity index (χ2v) is 18.5. The molecule has 0 bridgehead atoms. The van der Waals surface area contributed by atoms with Crippen molar-refractivity contribution in [3.05, 3.63) is 60.8 Å². The lowest BCUT2D eigenvalue weighted by atomic mass is 10.0. The molecule has 2 unspecified atom stereocenters. The lowest BCUT2D eigenvalue weighted by Crippen LogP contribution is -2.45. The molecule has 0 saturated heterocycles. The SMILES string of the molecule is CCCCC/C=C\C/C=C\CCCCCCCCCCCC(=O)OCCCCCCCC/C=C\C/C=C\CCC(=O)NC(CO)C(O)/C=C/CCCCCCCCCCCCCCC. The van der Waals surface area contributed by atoms with Crippen molar-refractivity contribution in [1.82, 2.24) is 5.32 Å². The minimum absolute atomic E-state index is 0.0231. The summed E-state index contributed by atoms with van der Waals surface area (Å²) >= 11 is 0. The number of allylic oxidation sites excluding steroid dienone is 9. The van der Waals surface area contributed by atoms with Crippen LogP contribution in [-0.4, -0.2) is 47.4 Å². The van der Waals surface area contributed by atoms with Crippen LogP contribution in [0.3, 0.4) is 0 Å². The zero-order valence-electron chi connectivity index (χ0n) is 42.2. The van der Waals surface area contributed by atoms with Gasteiger partial charge in [0.25, 0.3) is 0 Å². The van der Waals surface area contributed by atoms with Crippen LogP contribution >= 0.6 is 0 Å². The van der Waals surface area contributed by atoms with E-state index in [1.54, 1.807) is 6.08 Å². The fourth-order valence-corrected chi connectivity index (χ4v) is 8.01. The predicted molar refractivity (Wildman–Crippen MR) is 278 cm³/mol. The number of aliphatic hydroxyl groups excluding tert-OH is 2. The number of carbonyl (C=O) groups is 2. The summed E-state index contributed by atoms with van der Waals surface area (Å²) < 4.78 is 5.46. The molecular formula is C58H105NO5. The number of hydrogen-bond donors (Lipinski definition) is 3. The fourth-order valence-electron chi connectivity index (χ4n) is 8.01. The lowest BCUT2D eigenvalue weighted by molar-refractivity contribution is -0.143. The molecule has 6 nitrogen and oxygen atoms in total. The normalized spacial score (nSPS) is 13.1. The first kappa shape index (κ1) is 61.6. The molecule has 1 amide bonds. The third-order valence-corrected chi connectivity index (χ3v) is 12.3. The zero-order chi connectivity index (χ0) is 46.5. The topological polar surface area (TPSA) is 95.9 Å². The van der Waals surface area contributed by atoms with E-state index in [0.29, 0.717) is 25.9 Å². The third-order valence-electron chi connectivity index (χ3n) is 12.3. The van der Waals surface area contributed by atoms with Gasteiger partial charge in [0.15, 0.2) is 0 Å². The highest BCUT2D eigenvalue weighted by Crippen LogP contribution is 2.15. The van der Waals surface area contributed by atoms with Crippen LogP contribution in [0.5, 0.6) is 0 Å². The number of nitrogens with one attached hydrogen (secondary N) is 1. The van der Waals surface area contributed by atoms with Gasteiger partial charge in [-0.25, -0.2) is 0 Å². The molecule has 0 rings (SSSR count). The van der Waals surface area contributed by atoms with E-state index < -0.39 is 12.1 Å². The van der Waals surface area contributed by atoms with E-state index in [0.717, 1.165) is 57.8 Å². The molecule has 2 atom stereocenters. The van der Waals surface area contributed by atoms with Gasteiger partial charge in [0.1, 0.15) is 0 Å². The van der Waals surface area contributed by atoms with Crippen molar-refractivity contribution < 1.29 is 24.5 Å². The first-order valence-corrected chi connectivity index (χ1v) is 27.6. The van der Waals surface area contributed by atoms with Gasteiger partial charge in [-0.2, -0.15) is 0 Å². The number of unbranched alkanes of at least 4 members (excludes halogenated alkanes) is 31. The Morgan fingerprint density at radius 1 is 0.438 bits per heavy atom. The minimum Gasteiger partial charge on any atom is -0.466 e. The van der Waals surface area contributed by atoms with Crippen molar-refractivity contribution in [1.29, 1.82) is 0 Å². The maximum absolute atomic E-state index is 12.4. The summed E-state index contributed by atoms with van der Waals surface area (Å²) in [5, 5.41) is 23.0. The number of hydrogen-bond acceptors (Lipinski definition) is 5. The molecular weight excluding hydrogens is 791 g/mol. The highest BCUT2D eigenvalue weighted by Gasteiger charge is 2.17. The number of rotatable bonds is 50. The Hall–Kier alpha value is -2.44. The molecule has 0 fully saturated rings. The van der Waals surface area contributed by atoms with Crippen molar-refractivity contribution in [2.75, 3.05) is 13.2 Å². The first-order chi connectivity index (χ1) is 31.5. The van der Waals surface area contributed by atoms with E-state index in [-0.39, 0.29) is 18.5 Å². The van der Waals surface area contributed by atoms with Gasteiger partial charge in [0.05, 0.1) is 25.4 Å². The van der Waals surface area contributed by atoms with Gasteiger partial charge in [0.2, 0.25) is 5.91 Å². The van der Waals surface area contributed by atoms with E-state index >= 15 is 0 Å². The van der Waals surface area contributed by atoms with E-state index in [1.165, 1.54) is 180 Å². The van der Waals surface area contributed by atoms with Gasteiger partial charge < -0.3 is 20.3 Å². The quantitative estimate of drug-likeness (QED) is 0.0321.